The Kier molecular flexibility index (Phi) is 2.87. The molecular formula is C11H21N3O. The third-order valence-corrected chi connectivity index (χ3v) is 3.75. The summed E-state index contributed by atoms with van der Waals surface area (Å²) in [5.74, 6) is 1.40. The van der Waals surface area contributed by atoms with Gasteiger partial charge in [-0.2, -0.15) is 0 Å². The van der Waals surface area contributed by atoms with Crippen molar-refractivity contribution in [3.8, 4) is 0 Å². The quantitative estimate of drug-likeness (QED) is 0.689. The van der Waals surface area contributed by atoms with Gasteiger partial charge in [-0.25, -0.2) is 4.79 Å². The molecule has 0 bridgehead atoms. The van der Waals surface area contributed by atoms with Crippen LogP contribution in [0, 0.1) is 11.8 Å². The Morgan fingerprint density at radius 1 is 1.20 bits per heavy atom. The molecule has 2 amide bonds. The van der Waals surface area contributed by atoms with Crippen LogP contribution in [-0.4, -0.2) is 55.1 Å². The zero-order chi connectivity index (χ0) is 11.0. The lowest BCUT2D eigenvalue weighted by molar-refractivity contribution is 0.196. The summed E-state index contributed by atoms with van der Waals surface area (Å²) in [7, 11) is 1.71. The van der Waals surface area contributed by atoms with Gasteiger partial charge < -0.3 is 15.1 Å². The summed E-state index contributed by atoms with van der Waals surface area (Å²) in [5.41, 5.74) is 0. The predicted octanol–water partition coefficient (Wildman–Crippen LogP) is 0.598. The smallest absolute Gasteiger partial charge is 0.317 e. The van der Waals surface area contributed by atoms with Gasteiger partial charge in [0.05, 0.1) is 0 Å². The highest BCUT2D eigenvalue weighted by Crippen LogP contribution is 2.31. The number of fused-ring (bicyclic) bond motifs is 1. The number of hydrogen-bond donors (Lipinski definition) is 1. The number of rotatable bonds is 1. The minimum Gasteiger partial charge on any atom is -0.341 e. The van der Waals surface area contributed by atoms with E-state index in [1.54, 1.807) is 7.05 Å². The summed E-state index contributed by atoms with van der Waals surface area (Å²) in [5, 5.41) is 2.70. The lowest BCUT2D eigenvalue weighted by Gasteiger charge is -2.23. The van der Waals surface area contributed by atoms with Crippen molar-refractivity contribution in [2.45, 2.75) is 19.9 Å². The highest BCUT2D eigenvalue weighted by molar-refractivity contribution is 5.74. The van der Waals surface area contributed by atoms with Gasteiger partial charge in [0, 0.05) is 39.3 Å². The van der Waals surface area contributed by atoms with Crippen LogP contribution in [0.3, 0.4) is 0 Å². The molecule has 0 aromatic heterocycles. The summed E-state index contributed by atoms with van der Waals surface area (Å²) < 4.78 is 0. The van der Waals surface area contributed by atoms with Crippen molar-refractivity contribution in [3.63, 3.8) is 0 Å². The van der Waals surface area contributed by atoms with Crippen molar-refractivity contribution in [1.29, 1.82) is 0 Å². The monoisotopic (exact) mass is 211 g/mol. The fourth-order valence-corrected chi connectivity index (χ4v) is 2.77. The number of nitrogens with one attached hydrogen (secondary N) is 1. The zero-order valence-corrected chi connectivity index (χ0v) is 9.86. The molecule has 0 spiro atoms. The minimum absolute atomic E-state index is 0.0838. The molecule has 2 rings (SSSR count). The topological polar surface area (TPSA) is 35.6 Å². The molecule has 0 aromatic rings. The molecule has 2 saturated heterocycles. The minimum atomic E-state index is 0.0838. The van der Waals surface area contributed by atoms with Gasteiger partial charge >= 0.3 is 6.03 Å². The second kappa shape index (κ2) is 4.00. The van der Waals surface area contributed by atoms with Gasteiger partial charge in [0.1, 0.15) is 0 Å². The van der Waals surface area contributed by atoms with Crippen LogP contribution in [0.2, 0.25) is 0 Å². The van der Waals surface area contributed by atoms with E-state index in [4.69, 9.17) is 0 Å². The Labute approximate surface area is 91.6 Å². The van der Waals surface area contributed by atoms with Crippen LogP contribution < -0.4 is 5.32 Å². The molecule has 0 unspecified atom stereocenters. The maximum Gasteiger partial charge on any atom is 0.317 e. The van der Waals surface area contributed by atoms with Crippen LogP contribution in [0.5, 0.6) is 0 Å². The number of amides is 2. The van der Waals surface area contributed by atoms with Gasteiger partial charge in [-0.15, -0.1) is 0 Å². The summed E-state index contributed by atoms with van der Waals surface area (Å²) in [6.07, 6.45) is 0. The van der Waals surface area contributed by atoms with Crippen molar-refractivity contribution >= 4 is 6.03 Å². The average molecular weight is 211 g/mol. The van der Waals surface area contributed by atoms with Gasteiger partial charge in [-0.3, -0.25) is 0 Å². The van der Waals surface area contributed by atoms with E-state index in [0.717, 1.165) is 26.2 Å². The molecule has 15 heavy (non-hydrogen) atoms. The summed E-state index contributed by atoms with van der Waals surface area (Å²) in [6.45, 7) is 8.70. The number of likely N-dealkylation sites (tertiary alicyclic amines) is 2. The fraction of sp³-hybridized carbons (Fsp3) is 0.909. The first-order valence-electron chi connectivity index (χ1n) is 5.82. The molecule has 1 N–H and O–H groups in total. The summed E-state index contributed by atoms with van der Waals surface area (Å²) in [4.78, 5) is 15.9. The summed E-state index contributed by atoms with van der Waals surface area (Å²) in [6, 6.07) is 0.726. The summed E-state index contributed by atoms with van der Waals surface area (Å²) >= 11 is 0. The molecule has 2 fully saturated rings. The standard InChI is InChI=1S/C11H21N3O/c1-8(2)13-4-9-6-14(11(15)12-3)7-10(9)5-13/h8-10H,4-7H2,1-3H3,(H,12,15)/t9-,10+. The van der Waals surface area contributed by atoms with Crippen molar-refractivity contribution in [3.05, 3.63) is 0 Å². The van der Waals surface area contributed by atoms with Crippen molar-refractivity contribution in [2.24, 2.45) is 11.8 Å². The van der Waals surface area contributed by atoms with Crippen LogP contribution >= 0.6 is 0 Å². The van der Waals surface area contributed by atoms with E-state index in [2.05, 4.69) is 24.1 Å². The predicted molar refractivity (Wildman–Crippen MR) is 59.7 cm³/mol. The van der Waals surface area contributed by atoms with Crippen molar-refractivity contribution < 1.29 is 4.79 Å². The zero-order valence-electron chi connectivity index (χ0n) is 9.86. The molecule has 4 heteroatoms. The first kappa shape index (κ1) is 10.7. The normalized spacial score (nSPS) is 31.1. The molecule has 2 heterocycles. The number of urea groups is 1. The molecule has 0 saturated carbocycles. The average Bonchev–Trinajstić information content (AvgIpc) is 2.72. The molecule has 2 aliphatic heterocycles. The highest BCUT2D eigenvalue weighted by atomic mass is 16.2. The van der Waals surface area contributed by atoms with Gasteiger partial charge in [0.25, 0.3) is 0 Å². The van der Waals surface area contributed by atoms with Crippen LogP contribution in [0.25, 0.3) is 0 Å². The molecule has 4 nitrogen and oxygen atoms in total. The molecule has 2 atom stereocenters. The van der Waals surface area contributed by atoms with Crippen LogP contribution in [-0.2, 0) is 0 Å². The highest BCUT2D eigenvalue weighted by Gasteiger charge is 2.41. The van der Waals surface area contributed by atoms with E-state index in [1.165, 1.54) is 0 Å². The van der Waals surface area contributed by atoms with E-state index < -0.39 is 0 Å². The van der Waals surface area contributed by atoms with Crippen LogP contribution in [0.4, 0.5) is 4.79 Å². The number of hydrogen-bond acceptors (Lipinski definition) is 2. The molecule has 0 aliphatic carbocycles. The Morgan fingerprint density at radius 3 is 2.13 bits per heavy atom. The largest absolute Gasteiger partial charge is 0.341 e. The van der Waals surface area contributed by atoms with E-state index in [-0.39, 0.29) is 6.03 Å². The Bertz CT molecular complexity index is 240. The Hall–Kier alpha value is -0.770. The van der Waals surface area contributed by atoms with Crippen molar-refractivity contribution in [1.82, 2.24) is 15.1 Å². The Balaban J connectivity index is 1.90. The third-order valence-electron chi connectivity index (χ3n) is 3.75. The van der Waals surface area contributed by atoms with Gasteiger partial charge in [0.2, 0.25) is 0 Å². The number of nitrogens with zero attached hydrogens (tertiary/aromatic N) is 2. The second-order valence-electron chi connectivity index (χ2n) is 5.03. The SMILES string of the molecule is CNC(=O)N1C[C@@H]2CN(C(C)C)C[C@@H]2C1. The van der Waals surface area contributed by atoms with E-state index in [1.807, 2.05) is 4.90 Å². The fourth-order valence-electron chi connectivity index (χ4n) is 2.77. The van der Waals surface area contributed by atoms with Crippen LogP contribution in [0.15, 0.2) is 0 Å². The number of carbonyl (C=O) groups excluding carboxylic acids is 1. The maximum absolute atomic E-state index is 11.5. The first-order chi connectivity index (χ1) is 7.11. The lowest BCUT2D eigenvalue weighted by Crippen LogP contribution is -2.39. The van der Waals surface area contributed by atoms with Gasteiger partial charge in [0.15, 0.2) is 0 Å². The van der Waals surface area contributed by atoms with Crippen LogP contribution in [0.1, 0.15) is 13.8 Å². The number of carbonyl (C=O) groups is 1. The van der Waals surface area contributed by atoms with Gasteiger partial charge in [-0.1, -0.05) is 0 Å². The molecule has 0 aromatic carbocycles. The third kappa shape index (κ3) is 1.95. The lowest BCUT2D eigenvalue weighted by atomic mass is 10.0. The first-order valence-corrected chi connectivity index (χ1v) is 5.82. The van der Waals surface area contributed by atoms with E-state index >= 15 is 0 Å². The van der Waals surface area contributed by atoms with E-state index in [9.17, 15) is 4.79 Å². The molecule has 0 radical (unpaired) electrons. The van der Waals surface area contributed by atoms with Gasteiger partial charge in [-0.05, 0) is 25.7 Å². The van der Waals surface area contributed by atoms with Crippen molar-refractivity contribution in [2.75, 3.05) is 33.2 Å². The van der Waals surface area contributed by atoms with E-state index in [0.29, 0.717) is 17.9 Å². The molecule has 86 valence electrons. The second-order valence-corrected chi connectivity index (χ2v) is 5.03. The maximum atomic E-state index is 11.5. The molecule has 2 aliphatic rings. The Morgan fingerprint density at radius 2 is 1.73 bits per heavy atom. The molecular weight excluding hydrogens is 190 g/mol.